The van der Waals surface area contributed by atoms with Gasteiger partial charge < -0.3 is 5.32 Å². The van der Waals surface area contributed by atoms with Crippen molar-refractivity contribution in [3.63, 3.8) is 0 Å². The number of hydrogen-bond donors (Lipinski definition) is 1. The Labute approximate surface area is 129 Å². The lowest BCUT2D eigenvalue weighted by atomic mass is 10.2. The van der Waals surface area contributed by atoms with Crippen molar-refractivity contribution in [2.24, 2.45) is 5.92 Å². The summed E-state index contributed by atoms with van der Waals surface area (Å²) in [5.41, 5.74) is 2.15. The van der Waals surface area contributed by atoms with Crippen molar-refractivity contribution in [3.05, 3.63) is 51.8 Å². The van der Waals surface area contributed by atoms with Crippen LogP contribution in [0.3, 0.4) is 0 Å². The Kier molecular flexibility index (Phi) is 5.46. The molecule has 0 bridgehead atoms. The molecular weight excluding hydrogens is 293 g/mol. The fourth-order valence-corrected chi connectivity index (χ4v) is 2.30. The van der Waals surface area contributed by atoms with E-state index in [0.717, 1.165) is 18.7 Å². The van der Waals surface area contributed by atoms with Crippen LogP contribution in [0.1, 0.15) is 25.0 Å². The predicted octanol–water partition coefficient (Wildman–Crippen LogP) is 3.98. The second-order valence-corrected chi connectivity index (χ2v) is 6.15. The van der Waals surface area contributed by atoms with Gasteiger partial charge in [-0.05, 0) is 36.2 Å². The molecule has 0 aliphatic carbocycles. The van der Waals surface area contributed by atoms with Crippen LogP contribution in [0.25, 0.3) is 0 Å². The maximum absolute atomic E-state index is 6.16. The predicted molar refractivity (Wildman–Crippen MR) is 84.3 cm³/mol. The van der Waals surface area contributed by atoms with Crippen LogP contribution in [0, 0.1) is 5.92 Å². The highest BCUT2D eigenvalue weighted by atomic mass is 35.5. The lowest BCUT2D eigenvalue weighted by molar-refractivity contribution is 0.552. The summed E-state index contributed by atoms with van der Waals surface area (Å²) in [6, 6.07) is 5.48. The monoisotopic (exact) mass is 311 g/mol. The average molecular weight is 312 g/mol. The number of benzene rings is 1. The zero-order valence-electron chi connectivity index (χ0n) is 11.7. The lowest BCUT2D eigenvalue weighted by Crippen LogP contribution is -2.18. The second kappa shape index (κ2) is 7.11. The van der Waals surface area contributed by atoms with Crippen LogP contribution < -0.4 is 5.32 Å². The number of nitrogens with zero attached hydrogens (tertiary/aromatic N) is 2. The van der Waals surface area contributed by atoms with Gasteiger partial charge in [-0.3, -0.25) is 4.68 Å². The van der Waals surface area contributed by atoms with Gasteiger partial charge in [0.2, 0.25) is 0 Å². The van der Waals surface area contributed by atoms with E-state index in [1.165, 1.54) is 5.56 Å². The minimum atomic E-state index is 0.629. The van der Waals surface area contributed by atoms with E-state index in [9.17, 15) is 0 Å². The number of rotatable bonds is 6. The molecule has 0 spiro atoms. The van der Waals surface area contributed by atoms with Crippen molar-refractivity contribution in [2.75, 3.05) is 6.54 Å². The summed E-state index contributed by atoms with van der Waals surface area (Å²) in [6.07, 6.45) is 3.91. The maximum Gasteiger partial charge on any atom is 0.0674 e. The number of hydrogen-bond acceptors (Lipinski definition) is 2. The molecule has 0 fully saturated rings. The Morgan fingerprint density at radius 3 is 2.85 bits per heavy atom. The van der Waals surface area contributed by atoms with Gasteiger partial charge in [-0.1, -0.05) is 37.0 Å². The third-order valence-electron chi connectivity index (χ3n) is 2.91. The molecule has 2 rings (SSSR count). The minimum Gasteiger partial charge on any atom is -0.312 e. The smallest absolute Gasteiger partial charge is 0.0674 e. The van der Waals surface area contributed by atoms with Crippen molar-refractivity contribution in [1.82, 2.24) is 15.1 Å². The van der Waals surface area contributed by atoms with Gasteiger partial charge in [-0.15, -0.1) is 0 Å². The Morgan fingerprint density at radius 1 is 1.30 bits per heavy atom. The van der Waals surface area contributed by atoms with Crippen LogP contribution in [-0.4, -0.2) is 16.3 Å². The van der Waals surface area contributed by atoms with Gasteiger partial charge in [0.15, 0.2) is 0 Å². The topological polar surface area (TPSA) is 29.9 Å². The molecule has 1 aromatic heterocycles. The van der Waals surface area contributed by atoms with Crippen molar-refractivity contribution in [2.45, 2.75) is 26.9 Å². The van der Waals surface area contributed by atoms with E-state index >= 15 is 0 Å². The molecule has 2 aromatic rings. The quantitative estimate of drug-likeness (QED) is 0.874. The highest BCUT2D eigenvalue weighted by Gasteiger charge is 2.04. The molecule has 0 amide bonds. The summed E-state index contributed by atoms with van der Waals surface area (Å²) in [6.45, 7) is 6.85. The molecule has 1 N–H and O–H groups in total. The van der Waals surface area contributed by atoms with Crippen LogP contribution in [0.4, 0.5) is 0 Å². The van der Waals surface area contributed by atoms with E-state index < -0.39 is 0 Å². The summed E-state index contributed by atoms with van der Waals surface area (Å²) in [4.78, 5) is 0. The normalized spacial score (nSPS) is 11.2. The molecule has 5 heteroatoms. The van der Waals surface area contributed by atoms with Crippen molar-refractivity contribution in [3.8, 4) is 0 Å². The largest absolute Gasteiger partial charge is 0.312 e. The number of halogens is 2. The highest BCUT2D eigenvalue weighted by molar-refractivity contribution is 6.33. The van der Waals surface area contributed by atoms with Crippen LogP contribution >= 0.6 is 23.2 Å². The van der Waals surface area contributed by atoms with E-state index in [0.29, 0.717) is 22.5 Å². The van der Waals surface area contributed by atoms with E-state index in [1.807, 2.05) is 29.2 Å². The van der Waals surface area contributed by atoms with Crippen LogP contribution in [0.15, 0.2) is 30.6 Å². The summed E-state index contributed by atoms with van der Waals surface area (Å²) >= 11 is 12.1. The van der Waals surface area contributed by atoms with Gasteiger partial charge in [0.05, 0.1) is 12.7 Å². The molecule has 0 saturated carbocycles. The number of nitrogens with one attached hydrogen (secondary N) is 1. The maximum atomic E-state index is 6.16. The molecule has 0 aliphatic heterocycles. The third kappa shape index (κ3) is 4.51. The van der Waals surface area contributed by atoms with Gasteiger partial charge in [0.25, 0.3) is 0 Å². The summed E-state index contributed by atoms with van der Waals surface area (Å²) < 4.78 is 1.88. The zero-order chi connectivity index (χ0) is 14.5. The van der Waals surface area contributed by atoms with Gasteiger partial charge in [0.1, 0.15) is 0 Å². The Balaban J connectivity index is 1.97. The third-order valence-corrected chi connectivity index (χ3v) is 3.51. The molecule has 20 heavy (non-hydrogen) atoms. The average Bonchev–Trinajstić information content (AvgIpc) is 2.81. The lowest BCUT2D eigenvalue weighted by Gasteiger charge is -2.06. The second-order valence-electron chi connectivity index (χ2n) is 5.31. The number of aromatic nitrogens is 2. The van der Waals surface area contributed by atoms with Crippen LogP contribution in [-0.2, 0) is 13.1 Å². The SMILES string of the molecule is CC(C)CNCc1cnn(Cc2cc(Cl)ccc2Cl)c1. The fourth-order valence-electron chi connectivity index (χ4n) is 1.93. The van der Waals surface area contributed by atoms with Gasteiger partial charge in [-0.25, -0.2) is 0 Å². The Bertz CT molecular complexity index is 564. The van der Waals surface area contributed by atoms with E-state index in [-0.39, 0.29) is 0 Å². The first-order valence-electron chi connectivity index (χ1n) is 6.70. The molecule has 1 heterocycles. The fraction of sp³-hybridized carbons (Fsp3) is 0.400. The van der Waals surface area contributed by atoms with Gasteiger partial charge >= 0.3 is 0 Å². The first kappa shape index (κ1) is 15.4. The van der Waals surface area contributed by atoms with Gasteiger partial charge in [-0.2, -0.15) is 5.10 Å². The van der Waals surface area contributed by atoms with E-state index in [4.69, 9.17) is 23.2 Å². The Hall–Kier alpha value is -1.03. The van der Waals surface area contributed by atoms with Crippen molar-refractivity contribution in [1.29, 1.82) is 0 Å². The zero-order valence-corrected chi connectivity index (χ0v) is 13.2. The molecular formula is C15H19Cl2N3. The minimum absolute atomic E-state index is 0.629. The molecule has 1 aromatic carbocycles. The van der Waals surface area contributed by atoms with E-state index in [1.54, 1.807) is 6.07 Å². The van der Waals surface area contributed by atoms with Crippen LogP contribution in [0.5, 0.6) is 0 Å². The van der Waals surface area contributed by atoms with Crippen molar-refractivity contribution < 1.29 is 0 Å². The summed E-state index contributed by atoms with van der Waals surface area (Å²) in [7, 11) is 0. The van der Waals surface area contributed by atoms with E-state index in [2.05, 4.69) is 24.3 Å². The highest BCUT2D eigenvalue weighted by Crippen LogP contribution is 2.21. The molecule has 0 unspecified atom stereocenters. The molecule has 3 nitrogen and oxygen atoms in total. The standard InChI is InChI=1S/C15H19Cl2N3/c1-11(2)6-18-7-12-8-19-20(9-12)10-13-5-14(16)3-4-15(13)17/h3-5,8-9,11,18H,6-7,10H2,1-2H3. The van der Waals surface area contributed by atoms with Crippen LogP contribution in [0.2, 0.25) is 10.0 Å². The first-order chi connectivity index (χ1) is 9.54. The molecule has 0 aliphatic rings. The molecule has 0 saturated heterocycles. The summed E-state index contributed by atoms with van der Waals surface area (Å²) in [5, 5.41) is 9.16. The molecule has 108 valence electrons. The first-order valence-corrected chi connectivity index (χ1v) is 7.46. The van der Waals surface area contributed by atoms with Gasteiger partial charge in [0, 0.05) is 28.4 Å². The van der Waals surface area contributed by atoms with Crippen molar-refractivity contribution >= 4 is 23.2 Å². The Morgan fingerprint density at radius 2 is 2.10 bits per heavy atom. The molecule has 0 radical (unpaired) electrons. The molecule has 0 atom stereocenters. The summed E-state index contributed by atoms with van der Waals surface area (Å²) in [5.74, 6) is 0.648.